The number of methoxy groups -OCH3 is 1. The second kappa shape index (κ2) is 4.56. The lowest BCUT2D eigenvalue weighted by Crippen LogP contribution is -2.19. The monoisotopic (exact) mass is 250 g/mol. The van der Waals surface area contributed by atoms with Crippen LogP contribution in [0.15, 0.2) is 10.8 Å². The van der Waals surface area contributed by atoms with Crippen molar-refractivity contribution in [2.24, 2.45) is 0 Å². The molecule has 0 spiro atoms. The van der Waals surface area contributed by atoms with Crippen molar-refractivity contribution in [3.63, 3.8) is 0 Å². The number of alkyl halides is 3. The van der Waals surface area contributed by atoms with Gasteiger partial charge in [0.1, 0.15) is 10.8 Å². The van der Waals surface area contributed by atoms with Crippen LogP contribution in [0.1, 0.15) is 6.92 Å². The molecule has 0 unspecified atom stereocenters. The van der Waals surface area contributed by atoms with Crippen LogP contribution >= 0.6 is 46.4 Å². The Labute approximate surface area is 90.4 Å². The minimum absolute atomic E-state index is 0.211. The average molecular weight is 252 g/mol. The maximum Gasteiger partial charge on any atom is 0.254 e. The number of hydrogen-bond acceptors (Lipinski definition) is 2. The number of carbonyl (C=O) groups is 1. The molecule has 0 fully saturated rings. The lowest BCUT2D eigenvalue weighted by atomic mass is 10.3. The predicted molar refractivity (Wildman–Crippen MR) is 50.9 cm³/mol. The molecule has 0 N–H and O–H groups in total. The largest absolute Gasteiger partial charge is 0.500 e. The highest BCUT2D eigenvalue weighted by Crippen LogP contribution is 2.32. The van der Waals surface area contributed by atoms with Gasteiger partial charge in [0.05, 0.1) is 7.11 Å². The van der Waals surface area contributed by atoms with Gasteiger partial charge in [0.2, 0.25) is 5.78 Å². The summed E-state index contributed by atoms with van der Waals surface area (Å²) < 4.78 is 2.65. The molecule has 0 amide bonds. The lowest BCUT2D eigenvalue weighted by molar-refractivity contribution is -0.114. The molecule has 0 rings (SSSR count). The summed E-state index contributed by atoms with van der Waals surface area (Å²) in [6.45, 7) is 1.50. The summed E-state index contributed by atoms with van der Waals surface area (Å²) in [5.74, 6) is -0.582. The van der Waals surface area contributed by atoms with Crippen molar-refractivity contribution >= 4 is 52.2 Å². The van der Waals surface area contributed by atoms with Gasteiger partial charge in [-0.3, -0.25) is 4.79 Å². The van der Waals surface area contributed by atoms with Crippen molar-refractivity contribution in [2.75, 3.05) is 7.11 Å². The van der Waals surface area contributed by atoms with Crippen molar-refractivity contribution in [3.05, 3.63) is 10.8 Å². The van der Waals surface area contributed by atoms with Crippen LogP contribution in [-0.4, -0.2) is 16.7 Å². The molecule has 0 aliphatic heterocycles. The molecule has 0 aliphatic carbocycles. The van der Waals surface area contributed by atoms with E-state index in [9.17, 15) is 4.79 Å². The van der Waals surface area contributed by atoms with Gasteiger partial charge < -0.3 is 4.74 Å². The van der Waals surface area contributed by atoms with Crippen LogP contribution in [0, 0.1) is 0 Å². The molecule has 0 saturated heterocycles. The summed E-state index contributed by atoms with van der Waals surface area (Å²) in [4.78, 5) is 11.1. The molecule has 0 bridgehead atoms. The van der Waals surface area contributed by atoms with E-state index in [2.05, 4.69) is 4.74 Å². The zero-order valence-electron chi connectivity index (χ0n) is 6.33. The SMILES string of the molecule is COC(C)=C(Cl)C(=O)C(Cl)(Cl)Cl. The average Bonchev–Trinajstić information content (AvgIpc) is 1.98. The molecule has 0 saturated carbocycles. The van der Waals surface area contributed by atoms with Crippen molar-refractivity contribution in [1.82, 2.24) is 0 Å². The molecule has 6 heteroatoms. The third-order valence-electron chi connectivity index (χ3n) is 1.07. The molecule has 12 heavy (non-hydrogen) atoms. The van der Waals surface area contributed by atoms with E-state index in [-0.39, 0.29) is 10.8 Å². The Morgan fingerprint density at radius 2 is 1.75 bits per heavy atom. The molecule has 0 aromatic heterocycles. The van der Waals surface area contributed by atoms with E-state index in [4.69, 9.17) is 46.4 Å². The molecule has 0 aromatic carbocycles. The van der Waals surface area contributed by atoms with Gasteiger partial charge >= 0.3 is 0 Å². The summed E-state index contributed by atoms with van der Waals surface area (Å²) in [5, 5.41) is -0.211. The lowest BCUT2D eigenvalue weighted by Gasteiger charge is -2.09. The van der Waals surface area contributed by atoms with Gasteiger partial charge in [-0.05, 0) is 6.92 Å². The summed E-state index contributed by atoms with van der Waals surface area (Å²) >= 11 is 21.4. The van der Waals surface area contributed by atoms with E-state index in [1.807, 2.05) is 0 Å². The fraction of sp³-hybridized carbons (Fsp3) is 0.500. The minimum Gasteiger partial charge on any atom is -0.500 e. The first-order chi connectivity index (χ1) is 5.30. The van der Waals surface area contributed by atoms with Crippen molar-refractivity contribution in [2.45, 2.75) is 10.7 Å². The maximum absolute atomic E-state index is 11.1. The van der Waals surface area contributed by atoms with Crippen LogP contribution in [0.25, 0.3) is 0 Å². The number of halogens is 4. The van der Waals surface area contributed by atoms with E-state index in [0.717, 1.165) is 0 Å². The highest BCUT2D eigenvalue weighted by atomic mass is 35.6. The summed E-state index contributed by atoms with van der Waals surface area (Å²) in [7, 11) is 1.36. The van der Waals surface area contributed by atoms with Crippen LogP contribution in [0.5, 0.6) is 0 Å². The first kappa shape index (κ1) is 12.4. The third-order valence-corrected chi connectivity index (χ3v) is 2.02. The molecular formula is C6H6Cl4O2. The zero-order valence-corrected chi connectivity index (χ0v) is 9.35. The Hall–Kier alpha value is 0.370. The number of allylic oxidation sites excluding steroid dienone is 2. The van der Waals surface area contributed by atoms with Gasteiger partial charge in [0.15, 0.2) is 0 Å². The molecule has 0 atom stereocenters. The fourth-order valence-electron chi connectivity index (χ4n) is 0.374. The first-order valence-electron chi connectivity index (χ1n) is 2.82. The van der Waals surface area contributed by atoms with Crippen LogP contribution in [-0.2, 0) is 9.53 Å². The van der Waals surface area contributed by atoms with Gasteiger partial charge in [-0.15, -0.1) is 0 Å². The summed E-state index contributed by atoms with van der Waals surface area (Å²) in [6.07, 6.45) is 0. The molecule has 0 aliphatic rings. The number of rotatable bonds is 2. The second-order valence-electron chi connectivity index (χ2n) is 1.90. The number of ketones is 1. The van der Waals surface area contributed by atoms with Crippen LogP contribution in [0.2, 0.25) is 0 Å². The fourth-order valence-corrected chi connectivity index (χ4v) is 1.02. The quantitative estimate of drug-likeness (QED) is 0.429. The number of carbonyl (C=O) groups excluding carboxylic acids is 1. The third kappa shape index (κ3) is 3.40. The second-order valence-corrected chi connectivity index (χ2v) is 4.56. The molecular weight excluding hydrogens is 246 g/mol. The van der Waals surface area contributed by atoms with Crippen molar-refractivity contribution < 1.29 is 9.53 Å². The Morgan fingerprint density at radius 3 is 2.00 bits per heavy atom. The topological polar surface area (TPSA) is 26.3 Å². The zero-order chi connectivity index (χ0) is 9.94. The Bertz CT molecular complexity index is 216. The van der Waals surface area contributed by atoms with E-state index in [1.54, 1.807) is 0 Å². The van der Waals surface area contributed by atoms with E-state index in [0.29, 0.717) is 0 Å². The number of hydrogen-bond donors (Lipinski definition) is 0. The van der Waals surface area contributed by atoms with Crippen LogP contribution < -0.4 is 0 Å². The maximum atomic E-state index is 11.1. The van der Waals surface area contributed by atoms with Gasteiger partial charge in [0.25, 0.3) is 3.79 Å². The predicted octanol–water partition coefficient (Wildman–Crippen LogP) is 3.04. The summed E-state index contributed by atoms with van der Waals surface area (Å²) in [5.41, 5.74) is 0. The molecule has 70 valence electrons. The van der Waals surface area contributed by atoms with Crippen molar-refractivity contribution in [1.29, 1.82) is 0 Å². The van der Waals surface area contributed by atoms with Crippen LogP contribution in [0.4, 0.5) is 0 Å². The molecule has 0 radical (unpaired) electrons. The smallest absolute Gasteiger partial charge is 0.254 e. The normalized spacial score (nSPS) is 13.8. The number of Topliss-reactive ketones (excluding diaryl/α,β-unsaturated/α-hetero) is 1. The highest BCUT2D eigenvalue weighted by molar-refractivity contribution is 6.79. The van der Waals surface area contributed by atoms with Gasteiger partial charge in [-0.1, -0.05) is 46.4 Å². The Kier molecular flexibility index (Phi) is 4.70. The molecule has 0 heterocycles. The van der Waals surface area contributed by atoms with E-state index < -0.39 is 9.58 Å². The Balaban J connectivity index is 4.74. The Morgan fingerprint density at radius 1 is 1.33 bits per heavy atom. The summed E-state index contributed by atoms with van der Waals surface area (Å²) in [6, 6.07) is 0. The van der Waals surface area contributed by atoms with Crippen molar-refractivity contribution in [3.8, 4) is 0 Å². The minimum atomic E-state index is -2.03. The van der Waals surface area contributed by atoms with Crippen LogP contribution in [0.3, 0.4) is 0 Å². The van der Waals surface area contributed by atoms with E-state index in [1.165, 1.54) is 14.0 Å². The molecule has 0 aromatic rings. The van der Waals surface area contributed by atoms with E-state index >= 15 is 0 Å². The van der Waals surface area contributed by atoms with Gasteiger partial charge in [-0.25, -0.2) is 0 Å². The molecule has 2 nitrogen and oxygen atoms in total. The standard InChI is InChI=1S/C6H6Cl4O2/c1-3(12-2)4(7)5(11)6(8,9)10/h1-2H3. The number of ether oxygens (including phenoxy) is 1. The highest BCUT2D eigenvalue weighted by Gasteiger charge is 2.33. The first-order valence-corrected chi connectivity index (χ1v) is 4.33. The van der Waals surface area contributed by atoms with Gasteiger partial charge in [-0.2, -0.15) is 0 Å². The van der Waals surface area contributed by atoms with Gasteiger partial charge in [0, 0.05) is 0 Å².